The number of aromatic nitrogens is 1. The molecule has 1 aromatic heterocycles. The Morgan fingerprint density at radius 1 is 1.24 bits per heavy atom. The minimum atomic E-state index is -0.936. The van der Waals surface area contributed by atoms with Gasteiger partial charge in [0.05, 0.1) is 17.8 Å². The maximum absolute atomic E-state index is 13.0. The summed E-state index contributed by atoms with van der Waals surface area (Å²) < 4.78 is 13.0. The molecule has 2 aromatic rings. The predicted molar refractivity (Wildman–Crippen MR) is 61.0 cm³/mol. The van der Waals surface area contributed by atoms with Gasteiger partial charge in [-0.3, -0.25) is 9.78 Å². The van der Waals surface area contributed by atoms with Gasteiger partial charge in [0.15, 0.2) is 0 Å². The highest BCUT2D eigenvalue weighted by molar-refractivity contribution is 5.70. The van der Waals surface area contributed by atoms with E-state index in [1.54, 1.807) is 30.3 Å². The molecule has 0 saturated heterocycles. The molecule has 0 amide bonds. The molecule has 0 fully saturated rings. The molecule has 3 nitrogen and oxygen atoms in total. The van der Waals surface area contributed by atoms with Crippen LogP contribution < -0.4 is 0 Å². The molecule has 1 N–H and O–H groups in total. The second kappa shape index (κ2) is 4.74. The van der Waals surface area contributed by atoms with E-state index >= 15 is 0 Å². The normalized spacial score (nSPS) is 10.2. The topological polar surface area (TPSA) is 50.2 Å². The van der Waals surface area contributed by atoms with E-state index in [1.807, 2.05) is 0 Å². The molecule has 1 heterocycles. The van der Waals surface area contributed by atoms with Crippen molar-refractivity contribution in [3.8, 4) is 11.3 Å². The molecule has 0 aliphatic carbocycles. The summed E-state index contributed by atoms with van der Waals surface area (Å²) >= 11 is 0. The number of carboxylic acid groups (broad SMARTS) is 1. The van der Waals surface area contributed by atoms with E-state index in [0.717, 1.165) is 0 Å². The third-order valence-corrected chi connectivity index (χ3v) is 2.26. The average molecular weight is 231 g/mol. The summed E-state index contributed by atoms with van der Waals surface area (Å²) in [6.07, 6.45) is -0.136. The highest BCUT2D eigenvalue weighted by Crippen LogP contribution is 2.18. The summed E-state index contributed by atoms with van der Waals surface area (Å²) in [4.78, 5) is 14.7. The van der Waals surface area contributed by atoms with Gasteiger partial charge in [0, 0.05) is 5.56 Å². The summed E-state index contributed by atoms with van der Waals surface area (Å²) in [5, 5.41) is 8.67. The molecule has 0 radical (unpaired) electrons. The number of pyridine rings is 1. The van der Waals surface area contributed by atoms with Gasteiger partial charge in [-0.2, -0.15) is 0 Å². The molecule has 0 unspecified atom stereocenters. The summed E-state index contributed by atoms with van der Waals surface area (Å²) in [7, 11) is 0. The molecule has 2 rings (SSSR count). The van der Waals surface area contributed by atoms with E-state index in [9.17, 15) is 9.18 Å². The van der Waals surface area contributed by atoms with E-state index in [2.05, 4.69) is 4.98 Å². The molecule has 0 bridgehead atoms. The molecule has 0 saturated carbocycles. The van der Waals surface area contributed by atoms with Crippen molar-refractivity contribution >= 4 is 5.97 Å². The fourth-order valence-electron chi connectivity index (χ4n) is 1.54. The molecule has 4 heteroatoms. The maximum Gasteiger partial charge on any atom is 0.309 e. The van der Waals surface area contributed by atoms with Gasteiger partial charge in [0.2, 0.25) is 0 Å². The van der Waals surface area contributed by atoms with Crippen LogP contribution in [-0.4, -0.2) is 16.1 Å². The van der Waals surface area contributed by atoms with Gasteiger partial charge in [-0.1, -0.05) is 18.2 Å². The van der Waals surface area contributed by atoms with Crippen molar-refractivity contribution in [2.45, 2.75) is 6.42 Å². The van der Waals surface area contributed by atoms with Gasteiger partial charge in [-0.15, -0.1) is 0 Å². The SMILES string of the molecule is O=C(O)Cc1cccc(-c2cccc(F)c2)n1. The van der Waals surface area contributed by atoms with Crippen LogP contribution in [-0.2, 0) is 11.2 Å². The first-order chi connectivity index (χ1) is 8.15. The predicted octanol–water partition coefficient (Wildman–Crippen LogP) is 2.51. The molecule has 1 aromatic carbocycles. The maximum atomic E-state index is 13.0. The van der Waals surface area contributed by atoms with Crippen LogP contribution in [0.2, 0.25) is 0 Å². The third-order valence-electron chi connectivity index (χ3n) is 2.26. The van der Waals surface area contributed by atoms with Gasteiger partial charge in [-0.25, -0.2) is 4.39 Å². The van der Waals surface area contributed by atoms with Crippen LogP contribution in [0.15, 0.2) is 42.5 Å². The number of rotatable bonds is 3. The number of halogens is 1. The van der Waals surface area contributed by atoms with E-state index < -0.39 is 5.97 Å². The molecular formula is C13H10FNO2. The smallest absolute Gasteiger partial charge is 0.309 e. The summed E-state index contributed by atoms with van der Waals surface area (Å²) in [5.74, 6) is -1.28. The van der Waals surface area contributed by atoms with Gasteiger partial charge < -0.3 is 5.11 Å². The number of benzene rings is 1. The zero-order chi connectivity index (χ0) is 12.3. The van der Waals surface area contributed by atoms with Crippen molar-refractivity contribution in [2.75, 3.05) is 0 Å². The second-order valence-electron chi connectivity index (χ2n) is 3.60. The first kappa shape index (κ1) is 11.3. The van der Waals surface area contributed by atoms with Gasteiger partial charge in [0.25, 0.3) is 0 Å². The van der Waals surface area contributed by atoms with Crippen LogP contribution >= 0.6 is 0 Å². The first-order valence-corrected chi connectivity index (χ1v) is 5.09. The number of hydrogen-bond donors (Lipinski definition) is 1. The molecule has 0 spiro atoms. The number of carbonyl (C=O) groups is 1. The van der Waals surface area contributed by atoms with Gasteiger partial charge in [-0.05, 0) is 24.3 Å². The molecule has 17 heavy (non-hydrogen) atoms. The standard InChI is InChI=1S/C13H10FNO2/c14-10-4-1-3-9(7-10)12-6-2-5-11(15-12)8-13(16)17/h1-7H,8H2,(H,16,17). The van der Waals surface area contributed by atoms with Crippen LogP contribution in [0, 0.1) is 5.82 Å². The van der Waals surface area contributed by atoms with Crippen molar-refractivity contribution in [1.29, 1.82) is 0 Å². The lowest BCUT2D eigenvalue weighted by molar-refractivity contribution is -0.136. The summed E-state index contributed by atoms with van der Waals surface area (Å²) in [6.45, 7) is 0. The molecule has 0 aliphatic rings. The van der Waals surface area contributed by atoms with Crippen molar-refractivity contribution in [3.05, 3.63) is 54.0 Å². The number of carboxylic acids is 1. The molecular weight excluding hydrogens is 221 g/mol. The van der Waals surface area contributed by atoms with Gasteiger partial charge in [0.1, 0.15) is 5.82 Å². The number of hydrogen-bond acceptors (Lipinski definition) is 2. The van der Waals surface area contributed by atoms with E-state index in [1.165, 1.54) is 12.1 Å². The van der Waals surface area contributed by atoms with Crippen LogP contribution in [0.3, 0.4) is 0 Å². The number of nitrogens with zero attached hydrogens (tertiary/aromatic N) is 1. The lowest BCUT2D eigenvalue weighted by atomic mass is 10.1. The van der Waals surface area contributed by atoms with E-state index in [4.69, 9.17) is 5.11 Å². The van der Waals surface area contributed by atoms with Crippen molar-refractivity contribution in [2.24, 2.45) is 0 Å². The monoisotopic (exact) mass is 231 g/mol. The Morgan fingerprint density at radius 3 is 2.71 bits per heavy atom. The third kappa shape index (κ3) is 2.87. The Hall–Kier alpha value is -2.23. The Bertz CT molecular complexity index is 555. The fourth-order valence-corrected chi connectivity index (χ4v) is 1.54. The molecule has 86 valence electrons. The van der Waals surface area contributed by atoms with E-state index in [-0.39, 0.29) is 12.2 Å². The Labute approximate surface area is 97.6 Å². The van der Waals surface area contributed by atoms with E-state index in [0.29, 0.717) is 17.0 Å². The Kier molecular flexibility index (Phi) is 3.14. The fraction of sp³-hybridized carbons (Fsp3) is 0.0769. The minimum absolute atomic E-state index is 0.136. The van der Waals surface area contributed by atoms with Crippen LogP contribution in [0.1, 0.15) is 5.69 Å². The largest absolute Gasteiger partial charge is 0.481 e. The first-order valence-electron chi connectivity index (χ1n) is 5.09. The summed E-state index contributed by atoms with van der Waals surface area (Å²) in [5.41, 5.74) is 1.67. The second-order valence-corrected chi connectivity index (χ2v) is 3.60. The Morgan fingerprint density at radius 2 is 2.00 bits per heavy atom. The van der Waals surface area contributed by atoms with Crippen LogP contribution in [0.5, 0.6) is 0 Å². The Balaban J connectivity index is 2.36. The van der Waals surface area contributed by atoms with Crippen molar-refractivity contribution < 1.29 is 14.3 Å². The highest BCUT2D eigenvalue weighted by Gasteiger charge is 2.05. The van der Waals surface area contributed by atoms with Crippen molar-refractivity contribution in [3.63, 3.8) is 0 Å². The minimum Gasteiger partial charge on any atom is -0.481 e. The quantitative estimate of drug-likeness (QED) is 0.883. The zero-order valence-corrected chi connectivity index (χ0v) is 8.93. The lowest BCUT2D eigenvalue weighted by Gasteiger charge is -2.03. The number of aliphatic carboxylic acids is 1. The van der Waals surface area contributed by atoms with Crippen LogP contribution in [0.25, 0.3) is 11.3 Å². The summed E-state index contributed by atoms with van der Waals surface area (Å²) in [6, 6.07) is 11.1. The van der Waals surface area contributed by atoms with Crippen LogP contribution in [0.4, 0.5) is 4.39 Å². The average Bonchev–Trinajstić information content (AvgIpc) is 2.28. The van der Waals surface area contributed by atoms with Gasteiger partial charge >= 0.3 is 5.97 Å². The highest BCUT2D eigenvalue weighted by atomic mass is 19.1. The van der Waals surface area contributed by atoms with Crippen molar-refractivity contribution in [1.82, 2.24) is 4.98 Å². The molecule has 0 aliphatic heterocycles. The molecule has 0 atom stereocenters. The lowest BCUT2D eigenvalue weighted by Crippen LogP contribution is -2.02. The zero-order valence-electron chi connectivity index (χ0n) is 8.93.